The van der Waals surface area contributed by atoms with Crippen LogP contribution in [0.2, 0.25) is 0 Å². The Balaban J connectivity index is 1.58. The van der Waals surface area contributed by atoms with Gasteiger partial charge in [0.2, 0.25) is 0 Å². The van der Waals surface area contributed by atoms with Gasteiger partial charge in [-0.3, -0.25) is 4.90 Å². The topological polar surface area (TPSA) is 28.2 Å². The zero-order chi connectivity index (χ0) is 11.4. The molecule has 0 amide bonds. The largest absolute Gasteiger partial charge is 0.313 e. The molecule has 90 valence electrons. The molecule has 1 aliphatic rings. The van der Waals surface area contributed by atoms with Crippen molar-refractivity contribution >= 4 is 11.3 Å². The smallest absolute Gasteiger partial charge is 0.0795 e. The van der Waals surface area contributed by atoms with E-state index < -0.39 is 0 Å². The lowest BCUT2D eigenvalue weighted by molar-refractivity contribution is 0.312. The second kappa shape index (κ2) is 5.75. The minimum Gasteiger partial charge on any atom is -0.313 e. The molecule has 16 heavy (non-hydrogen) atoms. The first-order valence-electron chi connectivity index (χ1n) is 6.04. The highest BCUT2D eigenvalue weighted by Gasteiger charge is 2.27. The molecule has 2 rings (SSSR count). The highest BCUT2D eigenvalue weighted by atomic mass is 32.1. The zero-order valence-electron chi connectivity index (χ0n) is 10.1. The normalized spacial score (nSPS) is 17.9. The molecule has 1 atom stereocenters. The van der Waals surface area contributed by atoms with Gasteiger partial charge < -0.3 is 5.32 Å². The number of nitrogens with zero attached hydrogens (tertiary/aromatic N) is 2. The zero-order valence-corrected chi connectivity index (χ0v) is 11.0. The maximum atomic E-state index is 4.29. The lowest BCUT2D eigenvalue weighted by Gasteiger charge is -2.18. The molecule has 1 saturated carbocycles. The van der Waals surface area contributed by atoms with Crippen molar-refractivity contribution in [1.29, 1.82) is 0 Å². The fourth-order valence-corrected chi connectivity index (χ4v) is 2.47. The van der Waals surface area contributed by atoms with Crippen LogP contribution in [0.25, 0.3) is 0 Å². The highest BCUT2D eigenvalue weighted by Crippen LogP contribution is 2.32. The Morgan fingerprint density at radius 1 is 1.62 bits per heavy atom. The van der Waals surface area contributed by atoms with Gasteiger partial charge in [0.25, 0.3) is 0 Å². The molecule has 0 bridgehead atoms. The van der Waals surface area contributed by atoms with E-state index in [9.17, 15) is 0 Å². The Morgan fingerprint density at radius 2 is 2.44 bits per heavy atom. The molecule has 1 heterocycles. The van der Waals surface area contributed by atoms with E-state index in [4.69, 9.17) is 0 Å². The molecule has 0 aliphatic heterocycles. The van der Waals surface area contributed by atoms with Crippen LogP contribution in [0, 0.1) is 5.92 Å². The molecular formula is C12H21N3S. The lowest BCUT2D eigenvalue weighted by atomic mass is 10.2. The van der Waals surface area contributed by atoms with E-state index in [-0.39, 0.29) is 0 Å². The van der Waals surface area contributed by atoms with Crippen molar-refractivity contribution < 1.29 is 0 Å². The Labute approximate surface area is 102 Å². The van der Waals surface area contributed by atoms with Gasteiger partial charge in [-0.2, -0.15) is 0 Å². The minimum absolute atomic E-state index is 0.702. The third-order valence-electron chi connectivity index (χ3n) is 3.20. The number of hydrogen-bond acceptors (Lipinski definition) is 4. The minimum atomic E-state index is 0.702. The first-order chi connectivity index (χ1) is 7.75. The molecule has 1 aromatic heterocycles. The molecule has 0 saturated heterocycles. The van der Waals surface area contributed by atoms with Gasteiger partial charge in [-0.1, -0.05) is 0 Å². The molecule has 1 aliphatic carbocycles. The standard InChI is InChI=1S/C12H21N3S/c1-10(11-3-4-11)13-5-6-15(2)7-12-8-16-9-14-12/h8-11,13H,3-7H2,1-2H3. The summed E-state index contributed by atoms with van der Waals surface area (Å²) in [6, 6.07) is 0.702. The van der Waals surface area contributed by atoms with E-state index in [1.54, 1.807) is 11.3 Å². The summed E-state index contributed by atoms with van der Waals surface area (Å²) in [6.07, 6.45) is 2.84. The summed E-state index contributed by atoms with van der Waals surface area (Å²) in [6.45, 7) is 5.44. The third-order valence-corrected chi connectivity index (χ3v) is 3.84. The van der Waals surface area contributed by atoms with E-state index in [1.807, 2.05) is 5.51 Å². The summed E-state index contributed by atoms with van der Waals surface area (Å²) in [5.74, 6) is 0.948. The Hall–Kier alpha value is -0.450. The van der Waals surface area contributed by atoms with E-state index in [0.29, 0.717) is 6.04 Å². The predicted octanol–water partition coefficient (Wildman–Crippen LogP) is 1.96. The molecule has 1 unspecified atom stereocenters. The molecule has 0 spiro atoms. The quantitative estimate of drug-likeness (QED) is 0.788. The lowest BCUT2D eigenvalue weighted by Crippen LogP contribution is -2.35. The number of nitrogens with one attached hydrogen (secondary N) is 1. The second-order valence-electron chi connectivity index (χ2n) is 4.80. The van der Waals surface area contributed by atoms with E-state index in [1.165, 1.54) is 18.5 Å². The van der Waals surface area contributed by atoms with Crippen LogP contribution < -0.4 is 5.32 Å². The van der Waals surface area contributed by atoms with Gasteiger partial charge in [0, 0.05) is 31.1 Å². The molecule has 4 heteroatoms. The summed E-state index contributed by atoms with van der Waals surface area (Å²) in [7, 11) is 2.16. The molecule has 1 fully saturated rings. The molecule has 0 aromatic carbocycles. The van der Waals surface area contributed by atoms with Crippen molar-refractivity contribution in [3.05, 3.63) is 16.6 Å². The Kier molecular flexibility index (Phi) is 4.32. The molecule has 0 radical (unpaired) electrons. The second-order valence-corrected chi connectivity index (χ2v) is 5.52. The first-order valence-corrected chi connectivity index (χ1v) is 6.99. The van der Waals surface area contributed by atoms with Crippen LogP contribution in [0.1, 0.15) is 25.5 Å². The van der Waals surface area contributed by atoms with Crippen molar-refractivity contribution in [3.63, 3.8) is 0 Å². The van der Waals surface area contributed by atoms with E-state index in [0.717, 1.165) is 25.6 Å². The third kappa shape index (κ3) is 3.85. The van der Waals surface area contributed by atoms with Crippen LogP contribution in [0.3, 0.4) is 0 Å². The maximum Gasteiger partial charge on any atom is 0.0795 e. The fraction of sp³-hybridized carbons (Fsp3) is 0.750. The Morgan fingerprint density at radius 3 is 3.06 bits per heavy atom. The summed E-state index contributed by atoms with van der Waals surface area (Å²) >= 11 is 1.67. The average molecular weight is 239 g/mol. The van der Waals surface area contributed by atoms with Crippen LogP contribution in [0.5, 0.6) is 0 Å². The molecule has 3 nitrogen and oxygen atoms in total. The van der Waals surface area contributed by atoms with Crippen LogP contribution in [0.4, 0.5) is 0 Å². The summed E-state index contributed by atoms with van der Waals surface area (Å²) in [5, 5.41) is 5.72. The van der Waals surface area contributed by atoms with Crippen molar-refractivity contribution in [1.82, 2.24) is 15.2 Å². The number of likely N-dealkylation sites (N-methyl/N-ethyl adjacent to an activating group) is 1. The monoisotopic (exact) mass is 239 g/mol. The number of hydrogen-bond donors (Lipinski definition) is 1. The van der Waals surface area contributed by atoms with Crippen LogP contribution >= 0.6 is 11.3 Å². The SMILES string of the molecule is CC(NCCN(C)Cc1cscn1)C1CC1. The van der Waals surface area contributed by atoms with Gasteiger partial charge in [-0.05, 0) is 32.7 Å². The van der Waals surface area contributed by atoms with E-state index in [2.05, 4.69) is 34.6 Å². The molecular weight excluding hydrogens is 218 g/mol. The van der Waals surface area contributed by atoms with Gasteiger partial charge in [0.15, 0.2) is 0 Å². The number of rotatable bonds is 7. The average Bonchev–Trinajstić information content (AvgIpc) is 2.99. The number of aromatic nitrogens is 1. The summed E-state index contributed by atoms with van der Waals surface area (Å²) in [5.41, 5.74) is 3.08. The number of thiazole rings is 1. The summed E-state index contributed by atoms with van der Waals surface area (Å²) in [4.78, 5) is 6.62. The van der Waals surface area contributed by atoms with Crippen molar-refractivity contribution in [3.8, 4) is 0 Å². The van der Waals surface area contributed by atoms with Crippen molar-refractivity contribution in [2.75, 3.05) is 20.1 Å². The van der Waals surface area contributed by atoms with Crippen LogP contribution in [-0.2, 0) is 6.54 Å². The highest BCUT2D eigenvalue weighted by molar-refractivity contribution is 7.07. The predicted molar refractivity (Wildman–Crippen MR) is 68.6 cm³/mol. The van der Waals surface area contributed by atoms with Gasteiger partial charge >= 0.3 is 0 Å². The maximum absolute atomic E-state index is 4.29. The van der Waals surface area contributed by atoms with Gasteiger partial charge in [0.05, 0.1) is 11.2 Å². The fourth-order valence-electron chi connectivity index (χ4n) is 1.92. The van der Waals surface area contributed by atoms with Crippen molar-refractivity contribution in [2.45, 2.75) is 32.4 Å². The van der Waals surface area contributed by atoms with Gasteiger partial charge in [0.1, 0.15) is 0 Å². The van der Waals surface area contributed by atoms with Gasteiger partial charge in [-0.25, -0.2) is 4.98 Å². The Bertz CT molecular complexity index is 295. The van der Waals surface area contributed by atoms with Crippen LogP contribution in [-0.4, -0.2) is 36.1 Å². The van der Waals surface area contributed by atoms with Crippen LogP contribution in [0.15, 0.2) is 10.9 Å². The van der Waals surface area contributed by atoms with Gasteiger partial charge in [-0.15, -0.1) is 11.3 Å². The van der Waals surface area contributed by atoms with E-state index >= 15 is 0 Å². The molecule has 1 N–H and O–H groups in total. The first kappa shape index (κ1) is 12.0. The van der Waals surface area contributed by atoms with Crippen molar-refractivity contribution in [2.24, 2.45) is 5.92 Å². The molecule has 1 aromatic rings. The summed E-state index contributed by atoms with van der Waals surface area (Å²) < 4.78 is 0.